The largest absolute Gasteiger partial charge is 0.463 e. The van der Waals surface area contributed by atoms with Crippen LogP contribution in [0, 0.1) is 13.8 Å². The maximum atomic E-state index is 11.7. The van der Waals surface area contributed by atoms with E-state index in [1.165, 1.54) is 6.26 Å². The molecule has 0 saturated heterocycles. The van der Waals surface area contributed by atoms with Gasteiger partial charge in [0.15, 0.2) is 6.29 Å². The van der Waals surface area contributed by atoms with Crippen LogP contribution in [0.15, 0.2) is 27.6 Å². The van der Waals surface area contributed by atoms with E-state index in [0.29, 0.717) is 17.3 Å². The summed E-state index contributed by atoms with van der Waals surface area (Å²) in [6, 6.07) is 3.54. The van der Waals surface area contributed by atoms with Crippen molar-refractivity contribution >= 4 is 17.3 Å². The summed E-state index contributed by atoms with van der Waals surface area (Å²) in [5, 5.41) is 0.461. The Morgan fingerprint density at radius 3 is 2.67 bits per heavy atom. The normalized spacial score (nSPS) is 10.5. The van der Waals surface area contributed by atoms with Gasteiger partial charge in [-0.3, -0.25) is 9.59 Å². The molecule has 0 atom stereocenters. The molecule has 76 valence electrons. The van der Waals surface area contributed by atoms with Crippen molar-refractivity contribution in [2.45, 2.75) is 13.8 Å². The molecule has 3 nitrogen and oxygen atoms in total. The number of fused-ring (bicyclic) bond motifs is 1. The first-order valence-corrected chi connectivity index (χ1v) is 4.62. The molecule has 2 aromatic rings. The van der Waals surface area contributed by atoms with E-state index in [2.05, 4.69) is 0 Å². The number of carbonyl (C=O) groups is 1. The van der Waals surface area contributed by atoms with E-state index < -0.39 is 0 Å². The van der Waals surface area contributed by atoms with E-state index in [0.717, 1.165) is 11.1 Å². The minimum atomic E-state index is -0.269. The summed E-state index contributed by atoms with van der Waals surface area (Å²) in [6.07, 6.45) is 1.73. The van der Waals surface area contributed by atoms with Gasteiger partial charge in [-0.15, -0.1) is 0 Å². The lowest BCUT2D eigenvalue weighted by Crippen LogP contribution is -2.08. The summed E-state index contributed by atoms with van der Waals surface area (Å²) in [5.41, 5.74) is 2.34. The summed E-state index contributed by atoms with van der Waals surface area (Å²) in [5.74, 6) is 0. The lowest BCUT2D eigenvalue weighted by molar-refractivity contribution is 0.112. The maximum Gasteiger partial charge on any atom is 0.203 e. The first-order valence-electron chi connectivity index (χ1n) is 4.62. The molecule has 0 unspecified atom stereocenters. The standard InChI is InChI=1S/C12H10O3/c1-7-3-4-10-11(14)9(5-13)6-15-12(10)8(7)2/h3-6H,1-2H3. The van der Waals surface area contributed by atoms with Crippen LogP contribution < -0.4 is 5.43 Å². The molecule has 0 fully saturated rings. The fraction of sp³-hybridized carbons (Fsp3) is 0.167. The van der Waals surface area contributed by atoms with Gasteiger partial charge < -0.3 is 4.42 Å². The Bertz CT molecular complexity index is 594. The Labute approximate surface area is 86.3 Å². The van der Waals surface area contributed by atoms with E-state index >= 15 is 0 Å². The van der Waals surface area contributed by atoms with E-state index in [1.807, 2.05) is 19.9 Å². The third kappa shape index (κ3) is 1.36. The Hall–Kier alpha value is -1.90. The quantitative estimate of drug-likeness (QED) is 0.666. The molecule has 0 radical (unpaired) electrons. The molecule has 0 N–H and O–H groups in total. The molecule has 0 spiro atoms. The van der Waals surface area contributed by atoms with Gasteiger partial charge in [-0.25, -0.2) is 0 Å². The van der Waals surface area contributed by atoms with Gasteiger partial charge >= 0.3 is 0 Å². The lowest BCUT2D eigenvalue weighted by atomic mass is 10.1. The molecular formula is C12H10O3. The minimum Gasteiger partial charge on any atom is -0.463 e. The van der Waals surface area contributed by atoms with Crippen LogP contribution in [0.5, 0.6) is 0 Å². The van der Waals surface area contributed by atoms with E-state index in [9.17, 15) is 9.59 Å². The van der Waals surface area contributed by atoms with Gasteiger partial charge in [0.25, 0.3) is 0 Å². The van der Waals surface area contributed by atoms with Crippen LogP contribution in [0.4, 0.5) is 0 Å². The Balaban J connectivity index is 2.98. The van der Waals surface area contributed by atoms with Crippen LogP contribution in [0.1, 0.15) is 21.5 Å². The number of aryl methyl sites for hydroxylation is 2. The van der Waals surface area contributed by atoms with Gasteiger partial charge in [-0.05, 0) is 31.0 Å². The van der Waals surface area contributed by atoms with Crippen molar-refractivity contribution in [1.82, 2.24) is 0 Å². The fourth-order valence-corrected chi connectivity index (χ4v) is 1.53. The lowest BCUT2D eigenvalue weighted by Gasteiger charge is -2.03. The molecule has 3 heteroatoms. The maximum absolute atomic E-state index is 11.7. The molecule has 1 heterocycles. The summed E-state index contributed by atoms with van der Waals surface area (Å²) in [7, 11) is 0. The van der Waals surface area contributed by atoms with Crippen LogP contribution in [0.25, 0.3) is 11.0 Å². The van der Waals surface area contributed by atoms with Crippen molar-refractivity contribution < 1.29 is 9.21 Å². The molecule has 2 rings (SSSR count). The smallest absolute Gasteiger partial charge is 0.203 e. The molecular weight excluding hydrogens is 192 g/mol. The first kappa shape index (κ1) is 9.65. The molecule has 1 aromatic carbocycles. The molecule has 0 aliphatic heterocycles. The van der Waals surface area contributed by atoms with Crippen LogP contribution in [0.2, 0.25) is 0 Å². The highest BCUT2D eigenvalue weighted by Crippen LogP contribution is 2.18. The van der Waals surface area contributed by atoms with Crippen molar-refractivity contribution in [2.24, 2.45) is 0 Å². The van der Waals surface area contributed by atoms with Crippen molar-refractivity contribution in [3.63, 3.8) is 0 Å². The average Bonchev–Trinajstić information content (AvgIpc) is 2.24. The van der Waals surface area contributed by atoms with Crippen LogP contribution in [-0.2, 0) is 0 Å². The molecule has 15 heavy (non-hydrogen) atoms. The Morgan fingerprint density at radius 1 is 1.27 bits per heavy atom. The van der Waals surface area contributed by atoms with E-state index in [-0.39, 0.29) is 11.0 Å². The second-order valence-corrected chi connectivity index (χ2v) is 3.52. The van der Waals surface area contributed by atoms with Gasteiger partial charge in [-0.2, -0.15) is 0 Å². The minimum absolute atomic E-state index is 0.0609. The van der Waals surface area contributed by atoms with E-state index in [1.54, 1.807) is 6.07 Å². The summed E-state index contributed by atoms with van der Waals surface area (Å²) < 4.78 is 5.29. The molecule has 0 saturated carbocycles. The molecule has 0 amide bonds. The van der Waals surface area contributed by atoms with Gasteiger partial charge in [-0.1, -0.05) is 6.07 Å². The SMILES string of the molecule is Cc1ccc2c(=O)c(C=O)coc2c1C. The molecule has 1 aromatic heterocycles. The second-order valence-electron chi connectivity index (χ2n) is 3.52. The van der Waals surface area contributed by atoms with Gasteiger partial charge in [0, 0.05) is 0 Å². The van der Waals surface area contributed by atoms with Crippen LogP contribution in [0.3, 0.4) is 0 Å². The number of benzene rings is 1. The zero-order valence-electron chi connectivity index (χ0n) is 8.53. The zero-order valence-corrected chi connectivity index (χ0v) is 8.53. The molecule has 0 aliphatic rings. The van der Waals surface area contributed by atoms with Crippen molar-refractivity contribution in [3.05, 3.63) is 45.3 Å². The monoisotopic (exact) mass is 202 g/mol. The summed E-state index contributed by atoms with van der Waals surface area (Å²) >= 11 is 0. The van der Waals surface area contributed by atoms with Gasteiger partial charge in [0.1, 0.15) is 11.8 Å². The molecule has 0 aliphatic carbocycles. The number of aldehydes is 1. The highest BCUT2D eigenvalue weighted by Gasteiger charge is 2.08. The van der Waals surface area contributed by atoms with Crippen molar-refractivity contribution in [1.29, 1.82) is 0 Å². The van der Waals surface area contributed by atoms with Gasteiger partial charge in [0.05, 0.1) is 10.9 Å². The Morgan fingerprint density at radius 2 is 2.00 bits per heavy atom. The van der Waals surface area contributed by atoms with Crippen LogP contribution >= 0.6 is 0 Å². The third-order valence-corrected chi connectivity index (χ3v) is 2.61. The number of carbonyl (C=O) groups excluding carboxylic acids is 1. The number of rotatable bonds is 1. The van der Waals surface area contributed by atoms with Crippen molar-refractivity contribution in [2.75, 3.05) is 0 Å². The number of hydrogen-bond donors (Lipinski definition) is 0. The highest BCUT2D eigenvalue weighted by molar-refractivity contribution is 5.86. The number of hydrogen-bond acceptors (Lipinski definition) is 3. The fourth-order valence-electron chi connectivity index (χ4n) is 1.53. The topological polar surface area (TPSA) is 47.3 Å². The van der Waals surface area contributed by atoms with Gasteiger partial charge in [0.2, 0.25) is 5.43 Å². The van der Waals surface area contributed by atoms with Crippen LogP contribution in [-0.4, -0.2) is 6.29 Å². The Kier molecular flexibility index (Phi) is 2.15. The third-order valence-electron chi connectivity index (χ3n) is 2.61. The van der Waals surface area contributed by atoms with Crippen molar-refractivity contribution in [3.8, 4) is 0 Å². The second kappa shape index (κ2) is 3.35. The molecule has 0 bridgehead atoms. The first-order chi connectivity index (χ1) is 7.15. The van der Waals surface area contributed by atoms with E-state index in [4.69, 9.17) is 4.42 Å². The predicted octanol–water partition coefficient (Wildman–Crippen LogP) is 2.22. The summed E-state index contributed by atoms with van der Waals surface area (Å²) in [6.45, 7) is 3.84. The average molecular weight is 202 g/mol. The summed E-state index contributed by atoms with van der Waals surface area (Å²) in [4.78, 5) is 22.3. The highest BCUT2D eigenvalue weighted by atomic mass is 16.3. The zero-order chi connectivity index (χ0) is 11.0. The predicted molar refractivity (Wildman–Crippen MR) is 57.3 cm³/mol.